The molecule has 0 aliphatic rings. The molecule has 0 radical (unpaired) electrons. The van der Waals surface area contributed by atoms with Crippen molar-refractivity contribution in [1.29, 1.82) is 5.26 Å². The van der Waals surface area contributed by atoms with E-state index in [1.807, 2.05) is 0 Å². The Labute approximate surface area is 134 Å². The van der Waals surface area contributed by atoms with Crippen LogP contribution in [-0.2, 0) is 10.0 Å². The zero-order valence-electron chi connectivity index (χ0n) is 10.3. The van der Waals surface area contributed by atoms with E-state index < -0.39 is 15.8 Å². The van der Waals surface area contributed by atoms with Gasteiger partial charge in [0.05, 0.1) is 21.2 Å². The average Bonchev–Trinajstić information content (AvgIpc) is 2.43. The summed E-state index contributed by atoms with van der Waals surface area (Å²) < 4.78 is 40.4. The molecule has 0 aliphatic heterocycles. The van der Waals surface area contributed by atoms with E-state index >= 15 is 0 Å². The molecule has 21 heavy (non-hydrogen) atoms. The predicted molar refractivity (Wildman–Crippen MR) is 81.1 cm³/mol. The maximum absolute atomic E-state index is 13.2. The molecule has 0 saturated carbocycles. The molecule has 0 bridgehead atoms. The lowest BCUT2D eigenvalue weighted by atomic mass is 10.2. The van der Waals surface area contributed by atoms with Gasteiger partial charge in [-0.3, -0.25) is 4.72 Å². The van der Waals surface area contributed by atoms with Crippen molar-refractivity contribution in [2.45, 2.75) is 4.90 Å². The van der Waals surface area contributed by atoms with Crippen LogP contribution in [0.15, 0.2) is 45.8 Å². The topological polar surface area (TPSA) is 70.0 Å². The van der Waals surface area contributed by atoms with E-state index in [-0.39, 0.29) is 16.1 Å². The number of nitrogens with zero attached hydrogens (tertiary/aromatic N) is 1. The Hall–Kier alpha value is -1.62. The number of rotatable bonds is 3. The Kier molecular flexibility index (Phi) is 4.52. The molecule has 0 spiro atoms. The minimum atomic E-state index is -3.92. The second-order valence-corrected chi connectivity index (χ2v) is 6.93. The summed E-state index contributed by atoms with van der Waals surface area (Å²) in [6.07, 6.45) is 0. The van der Waals surface area contributed by atoms with Gasteiger partial charge in [0.1, 0.15) is 11.9 Å². The van der Waals surface area contributed by atoms with Crippen LogP contribution >= 0.6 is 27.5 Å². The first kappa shape index (κ1) is 15.8. The van der Waals surface area contributed by atoms with Crippen molar-refractivity contribution in [3.63, 3.8) is 0 Å². The first-order valence-corrected chi connectivity index (χ1v) is 8.16. The largest absolute Gasteiger partial charge is 0.280 e. The first-order chi connectivity index (χ1) is 9.83. The van der Waals surface area contributed by atoms with Gasteiger partial charge in [-0.15, -0.1) is 0 Å². The van der Waals surface area contributed by atoms with Crippen LogP contribution in [0, 0.1) is 17.1 Å². The van der Waals surface area contributed by atoms with Crippen LogP contribution in [0.5, 0.6) is 0 Å². The smallest absolute Gasteiger partial charge is 0.261 e. The number of hydrogen-bond donors (Lipinski definition) is 1. The van der Waals surface area contributed by atoms with E-state index in [2.05, 4.69) is 20.7 Å². The summed E-state index contributed by atoms with van der Waals surface area (Å²) in [5, 5.41) is 9.18. The predicted octanol–water partition coefficient (Wildman–Crippen LogP) is 3.91. The van der Waals surface area contributed by atoms with Crippen LogP contribution in [0.2, 0.25) is 5.02 Å². The van der Waals surface area contributed by atoms with E-state index in [9.17, 15) is 12.8 Å². The molecule has 4 nitrogen and oxygen atoms in total. The summed E-state index contributed by atoms with van der Waals surface area (Å²) in [4.78, 5) is -0.202. The zero-order chi connectivity index (χ0) is 15.6. The normalized spacial score (nSPS) is 11.0. The van der Waals surface area contributed by atoms with Crippen molar-refractivity contribution in [3.05, 3.63) is 57.3 Å². The number of halogens is 3. The monoisotopic (exact) mass is 388 g/mol. The Morgan fingerprint density at radius 1 is 1.24 bits per heavy atom. The molecular weight excluding hydrogens is 383 g/mol. The average molecular weight is 390 g/mol. The van der Waals surface area contributed by atoms with E-state index in [1.165, 1.54) is 18.2 Å². The first-order valence-electron chi connectivity index (χ1n) is 5.51. The lowest BCUT2D eigenvalue weighted by molar-refractivity contribution is 0.599. The summed E-state index contributed by atoms with van der Waals surface area (Å²) in [5.74, 6) is -0.773. The molecule has 2 aromatic rings. The second-order valence-electron chi connectivity index (χ2n) is 3.99. The second kappa shape index (κ2) is 6.02. The maximum Gasteiger partial charge on any atom is 0.261 e. The van der Waals surface area contributed by atoms with Gasteiger partial charge < -0.3 is 0 Å². The van der Waals surface area contributed by atoms with Gasteiger partial charge in [0.15, 0.2) is 0 Å². The molecule has 0 aliphatic carbocycles. The van der Waals surface area contributed by atoms with Crippen molar-refractivity contribution in [2.75, 3.05) is 4.72 Å². The molecule has 1 N–H and O–H groups in total. The van der Waals surface area contributed by atoms with Crippen molar-refractivity contribution in [2.24, 2.45) is 0 Å². The number of benzene rings is 2. The lowest BCUT2D eigenvalue weighted by Gasteiger charge is -2.09. The highest BCUT2D eigenvalue weighted by Crippen LogP contribution is 2.27. The molecule has 0 amide bonds. The van der Waals surface area contributed by atoms with Gasteiger partial charge in [0, 0.05) is 4.47 Å². The molecule has 0 fully saturated rings. The molecule has 0 unspecified atom stereocenters. The van der Waals surface area contributed by atoms with Crippen LogP contribution in [0.4, 0.5) is 10.1 Å². The summed E-state index contributed by atoms with van der Waals surface area (Å²) in [7, 11) is -3.92. The maximum atomic E-state index is 13.2. The molecule has 8 heteroatoms. The summed E-state index contributed by atoms with van der Waals surface area (Å²) in [6, 6.07) is 9.10. The van der Waals surface area contributed by atoms with Gasteiger partial charge in [-0.25, -0.2) is 12.8 Å². The van der Waals surface area contributed by atoms with Crippen molar-refractivity contribution >= 4 is 43.2 Å². The molecule has 0 aromatic heterocycles. The lowest BCUT2D eigenvalue weighted by Crippen LogP contribution is -2.13. The quantitative estimate of drug-likeness (QED) is 0.865. The highest BCUT2D eigenvalue weighted by atomic mass is 79.9. The SMILES string of the molecule is N#Cc1cc(S(=O)(=O)Nc2ccc(Cl)c(Br)c2)ccc1F. The highest BCUT2D eigenvalue weighted by molar-refractivity contribution is 9.10. The molecule has 0 atom stereocenters. The van der Waals surface area contributed by atoms with Crippen LogP contribution in [0.25, 0.3) is 0 Å². The van der Waals surface area contributed by atoms with Gasteiger partial charge in [0.2, 0.25) is 0 Å². The Balaban J connectivity index is 2.38. The molecular formula is C13H7BrClFN2O2S. The van der Waals surface area contributed by atoms with E-state index in [0.29, 0.717) is 9.50 Å². The standard InChI is InChI=1S/C13H7BrClFN2O2S/c14-11-6-9(1-3-12(11)15)18-21(19,20)10-2-4-13(16)8(5-10)7-17/h1-6,18H. The third-order valence-electron chi connectivity index (χ3n) is 2.54. The van der Waals surface area contributed by atoms with E-state index in [0.717, 1.165) is 18.2 Å². The minimum Gasteiger partial charge on any atom is -0.280 e. The third-order valence-corrected chi connectivity index (χ3v) is 5.13. The highest BCUT2D eigenvalue weighted by Gasteiger charge is 2.17. The Morgan fingerprint density at radius 2 is 1.95 bits per heavy atom. The number of nitriles is 1. The Morgan fingerprint density at radius 3 is 2.57 bits per heavy atom. The van der Waals surface area contributed by atoms with E-state index in [4.69, 9.17) is 16.9 Å². The van der Waals surface area contributed by atoms with Crippen LogP contribution in [-0.4, -0.2) is 8.42 Å². The Bertz CT molecular complexity index is 850. The number of anilines is 1. The summed E-state index contributed by atoms with van der Waals surface area (Å²) in [5.41, 5.74) is -0.0516. The van der Waals surface area contributed by atoms with Gasteiger partial charge in [0.25, 0.3) is 10.0 Å². The van der Waals surface area contributed by atoms with Gasteiger partial charge in [-0.1, -0.05) is 11.6 Å². The molecule has 2 aromatic carbocycles. The summed E-state index contributed by atoms with van der Waals surface area (Å²) >= 11 is 9.01. The van der Waals surface area contributed by atoms with Gasteiger partial charge >= 0.3 is 0 Å². The molecule has 108 valence electrons. The zero-order valence-corrected chi connectivity index (χ0v) is 13.4. The van der Waals surface area contributed by atoms with Crippen molar-refractivity contribution < 1.29 is 12.8 Å². The fourth-order valence-electron chi connectivity index (χ4n) is 1.53. The third kappa shape index (κ3) is 3.53. The molecule has 0 heterocycles. The van der Waals surface area contributed by atoms with Gasteiger partial charge in [-0.2, -0.15) is 5.26 Å². The van der Waals surface area contributed by atoms with Crippen LogP contribution in [0.1, 0.15) is 5.56 Å². The fourth-order valence-corrected chi connectivity index (χ4v) is 3.10. The minimum absolute atomic E-state index is 0.202. The van der Waals surface area contributed by atoms with Crippen molar-refractivity contribution in [3.8, 4) is 6.07 Å². The number of nitrogens with one attached hydrogen (secondary N) is 1. The number of sulfonamides is 1. The fraction of sp³-hybridized carbons (Fsp3) is 0. The van der Waals surface area contributed by atoms with Crippen LogP contribution in [0.3, 0.4) is 0 Å². The van der Waals surface area contributed by atoms with E-state index in [1.54, 1.807) is 6.07 Å². The molecule has 0 saturated heterocycles. The number of hydrogen-bond acceptors (Lipinski definition) is 3. The van der Waals surface area contributed by atoms with Crippen LogP contribution < -0.4 is 4.72 Å². The van der Waals surface area contributed by atoms with Gasteiger partial charge in [-0.05, 0) is 52.3 Å². The molecule has 2 rings (SSSR count). The van der Waals surface area contributed by atoms with Crippen molar-refractivity contribution in [1.82, 2.24) is 0 Å². The summed E-state index contributed by atoms with van der Waals surface area (Å²) in [6.45, 7) is 0.